The highest BCUT2D eigenvalue weighted by Gasteiger charge is 2.10. The topological polar surface area (TPSA) is 29.1 Å². The maximum Gasteiger partial charge on any atom is 0.255 e. The molecule has 2 aromatic carbocycles. The Morgan fingerprint density at radius 2 is 2.00 bits per heavy atom. The number of benzene rings is 2. The molecule has 5 heteroatoms. The molecule has 98 valence electrons. The third-order valence-electron chi connectivity index (χ3n) is 2.59. The van der Waals surface area contributed by atoms with E-state index in [2.05, 4.69) is 21.2 Å². The maximum atomic E-state index is 13.4. The smallest absolute Gasteiger partial charge is 0.255 e. The second-order valence-corrected chi connectivity index (χ2v) is 5.00. The monoisotopic (exact) mass is 341 g/mol. The summed E-state index contributed by atoms with van der Waals surface area (Å²) in [6.07, 6.45) is 0. The molecule has 0 aliphatic heterocycles. The van der Waals surface area contributed by atoms with Gasteiger partial charge in [-0.25, -0.2) is 4.39 Å². The van der Waals surface area contributed by atoms with E-state index in [4.69, 9.17) is 11.6 Å². The van der Waals surface area contributed by atoms with Gasteiger partial charge in [-0.1, -0.05) is 18.2 Å². The van der Waals surface area contributed by atoms with Crippen molar-refractivity contribution in [2.75, 3.05) is 5.32 Å². The van der Waals surface area contributed by atoms with Crippen molar-refractivity contribution < 1.29 is 9.18 Å². The lowest BCUT2D eigenvalue weighted by molar-refractivity contribution is 0.102. The number of halogens is 3. The summed E-state index contributed by atoms with van der Waals surface area (Å²) < 4.78 is 13.7. The molecular formula is C14H10BrClFNO. The second-order valence-electron chi connectivity index (χ2n) is 3.87. The van der Waals surface area contributed by atoms with Gasteiger partial charge in [0, 0.05) is 17.1 Å². The molecule has 1 amide bonds. The van der Waals surface area contributed by atoms with Crippen molar-refractivity contribution in [3.63, 3.8) is 0 Å². The predicted molar refractivity (Wildman–Crippen MR) is 78.1 cm³/mol. The van der Waals surface area contributed by atoms with Gasteiger partial charge in [0.2, 0.25) is 0 Å². The maximum absolute atomic E-state index is 13.4. The normalized spacial score (nSPS) is 10.3. The lowest BCUT2D eigenvalue weighted by Crippen LogP contribution is -2.13. The molecule has 0 fully saturated rings. The van der Waals surface area contributed by atoms with E-state index in [1.165, 1.54) is 12.1 Å². The minimum absolute atomic E-state index is 0.255. The number of nitrogens with one attached hydrogen (secondary N) is 1. The third kappa shape index (κ3) is 3.33. The minimum Gasteiger partial charge on any atom is -0.322 e. The molecule has 0 heterocycles. The van der Waals surface area contributed by atoms with E-state index < -0.39 is 5.82 Å². The molecule has 1 N–H and O–H groups in total. The standard InChI is InChI=1S/C14H10BrClFNO/c15-11-6-5-9(7-12(11)17)14(19)18-13-4-2-1-3-10(13)8-16/h1-7H,8H2,(H,18,19). The van der Waals surface area contributed by atoms with E-state index in [1.54, 1.807) is 18.2 Å². The fraction of sp³-hybridized carbons (Fsp3) is 0.0714. The van der Waals surface area contributed by atoms with Crippen LogP contribution in [0.5, 0.6) is 0 Å². The van der Waals surface area contributed by atoms with Crippen LogP contribution in [0.15, 0.2) is 46.9 Å². The van der Waals surface area contributed by atoms with Gasteiger partial charge in [-0.3, -0.25) is 4.79 Å². The molecule has 2 aromatic rings. The number of hydrogen-bond acceptors (Lipinski definition) is 1. The summed E-state index contributed by atoms with van der Waals surface area (Å²) >= 11 is 8.83. The molecular weight excluding hydrogens is 333 g/mol. The van der Waals surface area contributed by atoms with Crippen molar-refractivity contribution in [2.24, 2.45) is 0 Å². The Bertz CT molecular complexity index is 618. The number of rotatable bonds is 3. The Balaban J connectivity index is 2.23. The molecule has 0 aliphatic rings. The lowest BCUT2D eigenvalue weighted by atomic mass is 10.1. The van der Waals surface area contributed by atoms with Crippen LogP contribution < -0.4 is 5.32 Å². The Hall–Kier alpha value is -1.39. The molecule has 0 unspecified atom stereocenters. The predicted octanol–water partition coefficient (Wildman–Crippen LogP) is 4.58. The number of alkyl halides is 1. The summed E-state index contributed by atoms with van der Waals surface area (Å²) in [6.45, 7) is 0. The minimum atomic E-state index is -0.474. The average molecular weight is 343 g/mol. The van der Waals surface area contributed by atoms with Gasteiger partial charge in [0.1, 0.15) is 5.82 Å². The molecule has 2 nitrogen and oxygen atoms in total. The van der Waals surface area contributed by atoms with E-state index in [1.807, 2.05) is 12.1 Å². The highest BCUT2D eigenvalue weighted by atomic mass is 79.9. The highest BCUT2D eigenvalue weighted by Crippen LogP contribution is 2.20. The fourth-order valence-corrected chi connectivity index (χ4v) is 2.07. The van der Waals surface area contributed by atoms with Crippen LogP contribution >= 0.6 is 27.5 Å². The molecule has 0 atom stereocenters. The van der Waals surface area contributed by atoms with Gasteiger partial charge in [-0.2, -0.15) is 0 Å². The summed E-state index contributed by atoms with van der Waals surface area (Å²) in [5, 5.41) is 2.72. The van der Waals surface area contributed by atoms with Gasteiger partial charge >= 0.3 is 0 Å². The van der Waals surface area contributed by atoms with Crippen LogP contribution in [0.3, 0.4) is 0 Å². The van der Waals surface area contributed by atoms with Crippen LogP contribution in [-0.4, -0.2) is 5.91 Å². The molecule has 0 spiro atoms. The Morgan fingerprint density at radius 1 is 1.26 bits per heavy atom. The van der Waals surface area contributed by atoms with E-state index >= 15 is 0 Å². The summed E-state index contributed by atoms with van der Waals surface area (Å²) in [6, 6.07) is 11.4. The average Bonchev–Trinajstić information content (AvgIpc) is 2.42. The summed E-state index contributed by atoms with van der Waals surface area (Å²) in [5.41, 5.74) is 1.70. The Morgan fingerprint density at radius 3 is 2.68 bits per heavy atom. The van der Waals surface area contributed by atoms with Crippen LogP contribution in [0.4, 0.5) is 10.1 Å². The molecule has 19 heavy (non-hydrogen) atoms. The molecule has 0 aromatic heterocycles. The quantitative estimate of drug-likeness (QED) is 0.813. The molecule has 2 rings (SSSR count). The largest absolute Gasteiger partial charge is 0.322 e. The molecule has 0 bridgehead atoms. The van der Waals surface area contributed by atoms with Crippen molar-refractivity contribution in [2.45, 2.75) is 5.88 Å². The van der Waals surface area contributed by atoms with E-state index in [9.17, 15) is 9.18 Å². The van der Waals surface area contributed by atoms with E-state index in [0.29, 0.717) is 16.0 Å². The number of amides is 1. The van der Waals surface area contributed by atoms with Gasteiger partial charge in [-0.15, -0.1) is 11.6 Å². The van der Waals surface area contributed by atoms with E-state index in [0.717, 1.165) is 5.56 Å². The number of para-hydroxylation sites is 1. The molecule has 0 aliphatic carbocycles. The van der Waals surface area contributed by atoms with Crippen LogP contribution in [0.1, 0.15) is 15.9 Å². The highest BCUT2D eigenvalue weighted by molar-refractivity contribution is 9.10. The SMILES string of the molecule is O=C(Nc1ccccc1CCl)c1ccc(Br)c(F)c1. The molecule has 0 radical (unpaired) electrons. The van der Waals surface area contributed by atoms with Crippen LogP contribution in [0.25, 0.3) is 0 Å². The van der Waals surface area contributed by atoms with Crippen molar-refractivity contribution in [1.29, 1.82) is 0 Å². The second kappa shape index (κ2) is 6.17. The van der Waals surface area contributed by atoms with Gasteiger partial charge in [0.25, 0.3) is 5.91 Å². The van der Waals surface area contributed by atoms with Gasteiger partial charge < -0.3 is 5.32 Å². The Labute approximate surface area is 123 Å². The van der Waals surface area contributed by atoms with Crippen molar-refractivity contribution >= 4 is 39.1 Å². The van der Waals surface area contributed by atoms with Crippen LogP contribution in [0.2, 0.25) is 0 Å². The number of carbonyl (C=O) groups excluding carboxylic acids is 1. The van der Waals surface area contributed by atoms with Gasteiger partial charge in [0.15, 0.2) is 0 Å². The number of hydrogen-bond donors (Lipinski definition) is 1. The van der Waals surface area contributed by atoms with Gasteiger partial charge in [0.05, 0.1) is 4.47 Å². The number of carbonyl (C=O) groups is 1. The zero-order chi connectivity index (χ0) is 13.8. The first kappa shape index (κ1) is 14.0. The summed E-state index contributed by atoms with van der Waals surface area (Å²) in [5.74, 6) is -0.548. The van der Waals surface area contributed by atoms with Crippen molar-refractivity contribution in [3.8, 4) is 0 Å². The first-order chi connectivity index (χ1) is 9.11. The first-order valence-electron chi connectivity index (χ1n) is 5.52. The van der Waals surface area contributed by atoms with Gasteiger partial charge in [-0.05, 0) is 45.8 Å². The number of anilines is 1. The first-order valence-corrected chi connectivity index (χ1v) is 6.85. The zero-order valence-corrected chi connectivity index (χ0v) is 12.1. The fourth-order valence-electron chi connectivity index (χ4n) is 1.59. The Kier molecular flexibility index (Phi) is 4.56. The summed E-state index contributed by atoms with van der Waals surface area (Å²) in [4.78, 5) is 12.0. The van der Waals surface area contributed by atoms with E-state index in [-0.39, 0.29) is 11.5 Å². The van der Waals surface area contributed by atoms with Crippen molar-refractivity contribution in [1.82, 2.24) is 0 Å². The molecule has 0 saturated carbocycles. The summed E-state index contributed by atoms with van der Waals surface area (Å²) in [7, 11) is 0. The zero-order valence-electron chi connectivity index (χ0n) is 9.79. The van der Waals surface area contributed by atoms with Crippen molar-refractivity contribution in [3.05, 3.63) is 63.9 Å². The third-order valence-corrected chi connectivity index (χ3v) is 3.52. The molecule has 0 saturated heterocycles. The van der Waals surface area contributed by atoms with Crippen LogP contribution in [0, 0.1) is 5.82 Å². The van der Waals surface area contributed by atoms with Crippen LogP contribution in [-0.2, 0) is 5.88 Å². The lowest BCUT2D eigenvalue weighted by Gasteiger charge is -2.09.